The van der Waals surface area contributed by atoms with Gasteiger partial charge in [-0.05, 0) is 56.8 Å². The Balaban J connectivity index is 1.94. The number of thioether (sulfide) groups is 1. The topological polar surface area (TPSA) is 35.6 Å². The summed E-state index contributed by atoms with van der Waals surface area (Å²) in [4.78, 5) is 18.0. The normalized spacial score (nSPS) is 23.3. The summed E-state index contributed by atoms with van der Waals surface area (Å²) < 4.78 is 0. The van der Waals surface area contributed by atoms with Gasteiger partial charge in [-0.15, -0.1) is 11.8 Å². The zero-order valence-electron chi connectivity index (χ0n) is 14.9. The van der Waals surface area contributed by atoms with Gasteiger partial charge >= 0.3 is 6.03 Å². The predicted octanol–water partition coefficient (Wildman–Crippen LogP) is 3.45. The number of carbonyl (C=O) groups excluding carboxylic acids is 1. The number of piperidine rings is 1. The van der Waals surface area contributed by atoms with Gasteiger partial charge in [0.05, 0.1) is 6.04 Å². The number of rotatable bonds is 4. The van der Waals surface area contributed by atoms with E-state index in [2.05, 4.69) is 54.7 Å². The average molecular weight is 336 g/mol. The van der Waals surface area contributed by atoms with Crippen LogP contribution in [0.25, 0.3) is 0 Å². The van der Waals surface area contributed by atoms with Crippen LogP contribution < -0.4 is 5.32 Å². The summed E-state index contributed by atoms with van der Waals surface area (Å²) in [5, 5.41) is 3.13. The molecule has 0 radical (unpaired) electrons. The molecule has 0 aromatic heterocycles. The molecule has 23 heavy (non-hydrogen) atoms. The number of hydrogen-bond acceptors (Lipinski definition) is 3. The maximum atomic E-state index is 12.6. The second kappa shape index (κ2) is 8.06. The molecule has 1 aromatic carbocycles. The second-order valence-electron chi connectivity index (χ2n) is 6.65. The Morgan fingerprint density at radius 2 is 2.04 bits per heavy atom. The van der Waals surface area contributed by atoms with Crippen molar-refractivity contribution in [1.82, 2.24) is 15.1 Å². The van der Waals surface area contributed by atoms with Crippen LogP contribution in [0.1, 0.15) is 31.9 Å². The van der Waals surface area contributed by atoms with E-state index in [-0.39, 0.29) is 12.1 Å². The van der Waals surface area contributed by atoms with E-state index in [1.54, 1.807) is 11.8 Å². The highest BCUT2D eigenvalue weighted by atomic mass is 32.2. The Morgan fingerprint density at radius 1 is 1.39 bits per heavy atom. The van der Waals surface area contributed by atoms with Crippen LogP contribution in [-0.4, -0.2) is 55.3 Å². The average Bonchev–Trinajstić information content (AvgIpc) is 2.54. The van der Waals surface area contributed by atoms with Gasteiger partial charge in [-0.25, -0.2) is 4.79 Å². The molecule has 1 aromatic rings. The van der Waals surface area contributed by atoms with Crippen LogP contribution in [-0.2, 0) is 0 Å². The van der Waals surface area contributed by atoms with Crippen molar-refractivity contribution >= 4 is 17.8 Å². The minimum Gasteiger partial charge on any atom is -0.331 e. The van der Waals surface area contributed by atoms with E-state index in [0.29, 0.717) is 12.0 Å². The predicted molar refractivity (Wildman–Crippen MR) is 98.0 cm³/mol. The van der Waals surface area contributed by atoms with Crippen molar-refractivity contribution in [1.29, 1.82) is 0 Å². The first kappa shape index (κ1) is 18.1. The van der Waals surface area contributed by atoms with Crippen LogP contribution in [0, 0.1) is 5.92 Å². The summed E-state index contributed by atoms with van der Waals surface area (Å²) in [6, 6.07) is 8.74. The van der Waals surface area contributed by atoms with Gasteiger partial charge in [0.15, 0.2) is 0 Å². The number of benzene rings is 1. The van der Waals surface area contributed by atoms with Gasteiger partial charge in [-0.1, -0.05) is 19.1 Å². The molecule has 1 saturated heterocycles. The maximum absolute atomic E-state index is 12.6. The fraction of sp³-hybridized carbons (Fsp3) is 0.611. The third-order valence-electron chi connectivity index (χ3n) is 4.84. The van der Waals surface area contributed by atoms with Crippen molar-refractivity contribution in [2.24, 2.45) is 5.92 Å². The monoisotopic (exact) mass is 335 g/mol. The quantitative estimate of drug-likeness (QED) is 0.856. The Bertz CT molecular complexity index is 520. The Labute approximate surface area is 144 Å². The third kappa shape index (κ3) is 4.64. The van der Waals surface area contributed by atoms with Crippen molar-refractivity contribution < 1.29 is 4.79 Å². The molecule has 0 spiro atoms. The van der Waals surface area contributed by atoms with Gasteiger partial charge in [0.1, 0.15) is 0 Å². The molecule has 4 nitrogen and oxygen atoms in total. The first-order chi connectivity index (χ1) is 10.9. The van der Waals surface area contributed by atoms with Gasteiger partial charge < -0.3 is 15.1 Å². The fourth-order valence-electron chi connectivity index (χ4n) is 3.33. The lowest BCUT2D eigenvalue weighted by Crippen LogP contribution is -2.52. The molecule has 1 heterocycles. The van der Waals surface area contributed by atoms with Crippen molar-refractivity contribution in [2.75, 3.05) is 33.4 Å². The summed E-state index contributed by atoms with van der Waals surface area (Å²) in [5.41, 5.74) is 1.14. The Hall–Kier alpha value is -1.20. The minimum absolute atomic E-state index is 0.0161. The van der Waals surface area contributed by atoms with Crippen molar-refractivity contribution in [3.63, 3.8) is 0 Å². The number of likely N-dealkylation sites (tertiary alicyclic amines) is 1. The van der Waals surface area contributed by atoms with Crippen LogP contribution in [0.2, 0.25) is 0 Å². The number of nitrogens with zero attached hydrogens (tertiary/aromatic N) is 2. The van der Waals surface area contributed by atoms with Gasteiger partial charge in [-0.3, -0.25) is 0 Å². The standard InChI is InChI=1S/C18H29N3OS/c1-13-12-20(3)11-10-17(13)21(4)18(22)19-14(2)15-6-8-16(23-5)9-7-15/h6-9,13-14,17H,10-12H2,1-5H3,(H,19,22). The molecule has 3 unspecified atom stereocenters. The highest BCUT2D eigenvalue weighted by molar-refractivity contribution is 7.98. The van der Waals surface area contributed by atoms with E-state index >= 15 is 0 Å². The summed E-state index contributed by atoms with van der Waals surface area (Å²) >= 11 is 1.73. The van der Waals surface area contributed by atoms with Gasteiger partial charge in [0, 0.05) is 24.5 Å². The first-order valence-corrected chi connectivity index (χ1v) is 9.50. The lowest BCUT2D eigenvalue weighted by Gasteiger charge is -2.40. The summed E-state index contributed by atoms with van der Waals surface area (Å²) in [6.07, 6.45) is 3.11. The van der Waals surface area contributed by atoms with E-state index in [4.69, 9.17) is 0 Å². The van der Waals surface area contributed by atoms with E-state index in [1.165, 1.54) is 4.90 Å². The molecule has 0 saturated carbocycles. The molecule has 1 N–H and O–H groups in total. The molecule has 5 heteroatoms. The molecule has 1 aliphatic heterocycles. The summed E-state index contributed by atoms with van der Waals surface area (Å²) in [7, 11) is 4.07. The van der Waals surface area contributed by atoms with E-state index in [1.807, 2.05) is 18.9 Å². The Kier molecular flexibility index (Phi) is 6.36. The molecule has 0 bridgehead atoms. The van der Waals surface area contributed by atoms with Gasteiger partial charge in [0.2, 0.25) is 0 Å². The number of carbonyl (C=O) groups is 1. The second-order valence-corrected chi connectivity index (χ2v) is 7.53. The number of urea groups is 1. The van der Waals surface area contributed by atoms with E-state index in [9.17, 15) is 4.79 Å². The summed E-state index contributed by atoms with van der Waals surface area (Å²) in [5.74, 6) is 0.501. The summed E-state index contributed by atoms with van der Waals surface area (Å²) in [6.45, 7) is 6.37. The van der Waals surface area contributed by atoms with Crippen molar-refractivity contribution in [3.8, 4) is 0 Å². The van der Waals surface area contributed by atoms with Gasteiger partial charge in [-0.2, -0.15) is 0 Å². The number of hydrogen-bond donors (Lipinski definition) is 1. The maximum Gasteiger partial charge on any atom is 0.317 e. The highest BCUT2D eigenvalue weighted by Crippen LogP contribution is 2.22. The molecular formula is C18H29N3OS. The van der Waals surface area contributed by atoms with Crippen LogP contribution >= 0.6 is 11.8 Å². The smallest absolute Gasteiger partial charge is 0.317 e. The Morgan fingerprint density at radius 3 is 2.61 bits per heavy atom. The van der Waals surface area contributed by atoms with Crippen LogP contribution in [0.4, 0.5) is 4.79 Å². The minimum atomic E-state index is 0.0161. The van der Waals surface area contributed by atoms with E-state index < -0.39 is 0 Å². The third-order valence-corrected chi connectivity index (χ3v) is 5.58. The van der Waals surface area contributed by atoms with Crippen LogP contribution in [0.15, 0.2) is 29.2 Å². The number of amides is 2. The van der Waals surface area contributed by atoms with Gasteiger partial charge in [0.25, 0.3) is 0 Å². The molecule has 2 rings (SSSR count). The molecule has 1 aliphatic rings. The molecule has 0 aliphatic carbocycles. The lowest BCUT2D eigenvalue weighted by atomic mass is 9.93. The first-order valence-electron chi connectivity index (χ1n) is 8.28. The fourth-order valence-corrected chi connectivity index (χ4v) is 3.74. The molecular weight excluding hydrogens is 306 g/mol. The van der Waals surface area contributed by atoms with Crippen molar-refractivity contribution in [2.45, 2.75) is 37.2 Å². The van der Waals surface area contributed by atoms with E-state index in [0.717, 1.165) is 25.1 Å². The number of nitrogens with one attached hydrogen (secondary N) is 1. The molecule has 1 fully saturated rings. The molecule has 3 atom stereocenters. The molecule has 128 valence electrons. The largest absolute Gasteiger partial charge is 0.331 e. The lowest BCUT2D eigenvalue weighted by molar-refractivity contribution is 0.106. The zero-order valence-corrected chi connectivity index (χ0v) is 15.7. The van der Waals surface area contributed by atoms with Crippen LogP contribution in [0.3, 0.4) is 0 Å². The molecule has 2 amide bonds. The zero-order chi connectivity index (χ0) is 17.0. The van der Waals surface area contributed by atoms with Crippen LogP contribution in [0.5, 0.6) is 0 Å². The highest BCUT2D eigenvalue weighted by Gasteiger charge is 2.30. The SMILES string of the molecule is CSc1ccc(C(C)NC(=O)N(C)C2CCN(C)CC2C)cc1. The van der Waals surface area contributed by atoms with Crippen molar-refractivity contribution in [3.05, 3.63) is 29.8 Å².